The predicted octanol–water partition coefficient (Wildman–Crippen LogP) is 5.36. The highest BCUT2D eigenvalue weighted by Gasteiger charge is 2.23. The van der Waals surface area contributed by atoms with Gasteiger partial charge in [0.2, 0.25) is 0 Å². The molecular formula is C27H25BrN4O3. The number of aromatic nitrogens is 2. The Morgan fingerprint density at radius 1 is 1.09 bits per heavy atom. The van der Waals surface area contributed by atoms with Crippen LogP contribution in [-0.4, -0.2) is 28.4 Å². The topological polar surface area (TPSA) is 85.6 Å². The van der Waals surface area contributed by atoms with Crippen molar-refractivity contribution in [3.05, 3.63) is 99.0 Å². The van der Waals surface area contributed by atoms with E-state index >= 15 is 0 Å². The van der Waals surface area contributed by atoms with Crippen LogP contribution in [-0.2, 0) is 10.2 Å². The van der Waals surface area contributed by atoms with Crippen molar-refractivity contribution >= 4 is 44.6 Å². The minimum absolute atomic E-state index is 0.168. The summed E-state index contributed by atoms with van der Waals surface area (Å²) in [4.78, 5) is 30.4. The molecule has 0 radical (unpaired) electrons. The molecule has 4 aromatic rings. The molecule has 0 spiro atoms. The molecule has 1 heterocycles. The highest BCUT2D eigenvalue weighted by Crippen LogP contribution is 2.23. The highest BCUT2D eigenvalue weighted by molar-refractivity contribution is 9.10. The molecule has 0 saturated carbocycles. The lowest BCUT2D eigenvalue weighted by Gasteiger charge is -2.21. The van der Waals surface area contributed by atoms with Crippen LogP contribution in [0.3, 0.4) is 0 Å². The number of nitrogens with zero attached hydrogens (tertiary/aromatic N) is 3. The Balaban J connectivity index is 1.63. The summed E-state index contributed by atoms with van der Waals surface area (Å²) in [6.45, 7) is 5.77. The number of amides is 1. The summed E-state index contributed by atoms with van der Waals surface area (Å²) in [7, 11) is 0. The number of hydrogen-bond acceptors (Lipinski definition) is 5. The van der Waals surface area contributed by atoms with Crippen molar-refractivity contribution in [2.24, 2.45) is 5.10 Å². The first-order chi connectivity index (χ1) is 16.7. The normalized spacial score (nSPS) is 11.7. The van der Waals surface area contributed by atoms with E-state index in [1.807, 2.05) is 63.2 Å². The molecule has 0 aliphatic carbocycles. The molecular weight excluding hydrogens is 508 g/mol. The Morgan fingerprint density at radius 2 is 1.80 bits per heavy atom. The number of benzene rings is 3. The second-order valence-electron chi connectivity index (χ2n) is 8.95. The molecule has 0 unspecified atom stereocenters. The average Bonchev–Trinajstić information content (AvgIpc) is 2.83. The largest absolute Gasteiger partial charge is 0.483 e. The van der Waals surface area contributed by atoms with Gasteiger partial charge in [0.25, 0.3) is 11.5 Å². The zero-order valence-corrected chi connectivity index (χ0v) is 21.2. The highest BCUT2D eigenvalue weighted by atomic mass is 79.9. The van der Waals surface area contributed by atoms with Crippen LogP contribution >= 0.6 is 15.9 Å². The predicted molar refractivity (Wildman–Crippen MR) is 142 cm³/mol. The molecule has 7 nitrogen and oxygen atoms in total. The fourth-order valence-electron chi connectivity index (χ4n) is 3.44. The number of rotatable bonds is 6. The number of carbonyl (C=O) groups excluding carboxylic acids is 1. The summed E-state index contributed by atoms with van der Waals surface area (Å²) in [6, 6.07) is 21.8. The second-order valence-corrected chi connectivity index (χ2v) is 9.86. The monoisotopic (exact) mass is 532 g/mol. The third-order valence-electron chi connectivity index (χ3n) is 5.13. The standard InChI is InChI=1S/C27H25BrN4O3/c1-27(2,3)26-31-22-14-13-19(28)15-21(22)25(34)32(26)29-16-18-9-7-8-12-23(18)35-17-24(33)30-20-10-5-4-6-11-20/h4-16H,17H2,1-3H3,(H,30,33). The second kappa shape index (κ2) is 10.2. The fraction of sp³-hybridized carbons (Fsp3) is 0.185. The van der Waals surface area contributed by atoms with E-state index in [1.54, 1.807) is 36.5 Å². The van der Waals surface area contributed by atoms with Crippen molar-refractivity contribution in [1.29, 1.82) is 0 Å². The summed E-state index contributed by atoms with van der Waals surface area (Å²) in [5.74, 6) is 0.731. The number of nitrogens with one attached hydrogen (secondary N) is 1. The van der Waals surface area contributed by atoms with E-state index in [9.17, 15) is 9.59 Å². The molecule has 1 amide bonds. The summed E-state index contributed by atoms with van der Waals surface area (Å²) in [5, 5.41) is 7.75. The molecule has 0 aliphatic rings. The van der Waals surface area contributed by atoms with E-state index < -0.39 is 5.41 Å². The van der Waals surface area contributed by atoms with Gasteiger partial charge < -0.3 is 10.1 Å². The molecule has 1 N–H and O–H groups in total. The Hall–Kier alpha value is -3.78. The number of carbonyl (C=O) groups is 1. The Labute approximate surface area is 211 Å². The Bertz CT molecular complexity index is 1460. The van der Waals surface area contributed by atoms with Crippen LogP contribution in [0, 0.1) is 0 Å². The van der Waals surface area contributed by atoms with Gasteiger partial charge in [-0.1, -0.05) is 67.0 Å². The van der Waals surface area contributed by atoms with Crippen molar-refractivity contribution in [2.45, 2.75) is 26.2 Å². The van der Waals surface area contributed by atoms with Gasteiger partial charge in [-0.15, -0.1) is 0 Å². The van der Waals surface area contributed by atoms with Crippen LogP contribution in [0.2, 0.25) is 0 Å². The van der Waals surface area contributed by atoms with Crippen molar-refractivity contribution < 1.29 is 9.53 Å². The maximum absolute atomic E-state index is 13.3. The maximum Gasteiger partial charge on any atom is 0.282 e. The molecule has 178 valence electrons. The molecule has 0 bridgehead atoms. The van der Waals surface area contributed by atoms with Crippen LogP contribution in [0.25, 0.3) is 10.9 Å². The lowest BCUT2D eigenvalue weighted by molar-refractivity contribution is -0.118. The van der Waals surface area contributed by atoms with Crippen molar-refractivity contribution in [1.82, 2.24) is 9.66 Å². The first-order valence-corrected chi connectivity index (χ1v) is 11.9. The average molecular weight is 533 g/mol. The van der Waals surface area contributed by atoms with Crippen LogP contribution in [0.1, 0.15) is 32.2 Å². The summed E-state index contributed by atoms with van der Waals surface area (Å²) in [5.41, 5.74) is 1.24. The molecule has 0 fully saturated rings. The lowest BCUT2D eigenvalue weighted by Crippen LogP contribution is -2.29. The molecule has 0 saturated heterocycles. The van der Waals surface area contributed by atoms with Crippen molar-refractivity contribution in [3.63, 3.8) is 0 Å². The molecule has 4 rings (SSSR count). The SMILES string of the molecule is CC(C)(C)c1nc2ccc(Br)cc2c(=O)n1N=Cc1ccccc1OCC(=O)Nc1ccccc1. The zero-order chi connectivity index (χ0) is 25.0. The van der Waals surface area contributed by atoms with Crippen molar-refractivity contribution in [2.75, 3.05) is 11.9 Å². The minimum atomic E-state index is -0.427. The summed E-state index contributed by atoms with van der Waals surface area (Å²) in [6.07, 6.45) is 1.55. The van der Waals surface area contributed by atoms with E-state index in [0.29, 0.717) is 33.7 Å². The summed E-state index contributed by atoms with van der Waals surface area (Å²) >= 11 is 3.42. The third-order valence-corrected chi connectivity index (χ3v) is 5.62. The molecule has 35 heavy (non-hydrogen) atoms. The fourth-order valence-corrected chi connectivity index (χ4v) is 3.80. The van der Waals surface area contributed by atoms with Gasteiger partial charge in [0.1, 0.15) is 11.6 Å². The number of anilines is 1. The van der Waals surface area contributed by atoms with Gasteiger partial charge in [-0.05, 0) is 42.5 Å². The van der Waals surface area contributed by atoms with Gasteiger partial charge in [-0.2, -0.15) is 9.78 Å². The third kappa shape index (κ3) is 5.84. The van der Waals surface area contributed by atoms with Crippen LogP contribution < -0.4 is 15.6 Å². The van der Waals surface area contributed by atoms with Gasteiger partial charge >= 0.3 is 0 Å². The molecule has 8 heteroatoms. The van der Waals surface area contributed by atoms with Gasteiger partial charge in [-0.3, -0.25) is 9.59 Å². The molecule has 0 aliphatic heterocycles. The van der Waals surface area contributed by atoms with Crippen LogP contribution in [0.4, 0.5) is 5.69 Å². The van der Waals surface area contributed by atoms with Crippen LogP contribution in [0.15, 0.2) is 87.2 Å². The van der Waals surface area contributed by atoms with E-state index in [-0.39, 0.29) is 18.1 Å². The molecule has 3 aromatic carbocycles. The van der Waals surface area contributed by atoms with Gasteiger partial charge in [0, 0.05) is 21.1 Å². The van der Waals surface area contributed by atoms with E-state index in [2.05, 4.69) is 26.3 Å². The number of hydrogen-bond donors (Lipinski definition) is 1. The Morgan fingerprint density at radius 3 is 2.54 bits per heavy atom. The Kier molecular flexibility index (Phi) is 7.12. The van der Waals surface area contributed by atoms with Crippen LogP contribution in [0.5, 0.6) is 5.75 Å². The number of fused-ring (bicyclic) bond motifs is 1. The number of halogens is 1. The smallest absolute Gasteiger partial charge is 0.282 e. The maximum atomic E-state index is 13.3. The number of para-hydroxylation sites is 2. The van der Waals surface area contributed by atoms with E-state index in [0.717, 1.165) is 4.47 Å². The first-order valence-electron chi connectivity index (χ1n) is 11.1. The van der Waals surface area contributed by atoms with Gasteiger partial charge in [-0.25, -0.2) is 4.98 Å². The van der Waals surface area contributed by atoms with Gasteiger partial charge in [0.15, 0.2) is 6.61 Å². The quantitative estimate of drug-likeness (QED) is 0.339. The zero-order valence-electron chi connectivity index (χ0n) is 19.7. The summed E-state index contributed by atoms with van der Waals surface area (Å²) < 4.78 is 7.88. The minimum Gasteiger partial charge on any atom is -0.483 e. The van der Waals surface area contributed by atoms with E-state index in [1.165, 1.54) is 4.68 Å². The lowest BCUT2D eigenvalue weighted by atomic mass is 9.95. The van der Waals surface area contributed by atoms with Crippen molar-refractivity contribution in [3.8, 4) is 5.75 Å². The number of ether oxygens (including phenoxy) is 1. The molecule has 1 aromatic heterocycles. The van der Waals surface area contributed by atoms with Gasteiger partial charge in [0.05, 0.1) is 17.1 Å². The molecule has 0 atom stereocenters. The van der Waals surface area contributed by atoms with E-state index in [4.69, 9.17) is 9.72 Å². The first kappa shape index (κ1) is 24.3.